The van der Waals surface area contributed by atoms with E-state index >= 15 is 0 Å². The molecule has 3 rings (SSSR count). The van der Waals surface area contributed by atoms with Crippen LogP contribution < -0.4 is 0 Å². The van der Waals surface area contributed by atoms with E-state index < -0.39 is 11.8 Å². The van der Waals surface area contributed by atoms with Crippen LogP contribution in [-0.4, -0.2) is 16.1 Å². The molecule has 0 unspecified atom stereocenters. The number of rotatable bonds is 3. The fraction of sp³-hybridized carbons (Fsp3) is 0. The lowest BCUT2D eigenvalue weighted by atomic mass is 10.0. The summed E-state index contributed by atoms with van der Waals surface area (Å²) >= 11 is 7.00. The molecule has 0 amide bonds. The van der Waals surface area contributed by atoms with Crippen molar-refractivity contribution < 1.29 is 14.3 Å². The van der Waals surface area contributed by atoms with E-state index in [0.717, 1.165) is 17.4 Å². The van der Waals surface area contributed by atoms with Crippen LogP contribution in [0.4, 0.5) is 4.39 Å². The van der Waals surface area contributed by atoms with Gasteiger partial charge in [-0.05, 0) is 35.9 Å². The predicted octanol–water partition coefficient (Wildman–Crippen LogP) is 4.84. The molecule has 0 aliphatic heterocycles. The highest BCUT2D eigenvalue weighted by atomic mass is 35.5. The van der Waals surface area contributed by atoms with Crippen molar-refractivity contribution in [3.8, 4) is 27.8 Å². The van der Waals surface area contributed by atoms with E-state index in [9.17, 15) is 14.3 Å². The molecule has 0 bridgehead atoms. The van der Waals surface area contributed by atoms with Crippen LogP contribution >= 0.6 is 22.9 Å². The fourth-order valence-electron chi connectivity index (χ4n) is 2.19. The zero-order chi connectivity index (χ0) is 17.3. The summed E-state index contributed by atoms with van der Waals surface area (Å²) in [5.41, 5.74) is 1.41. The smallest absolute Gasteiger partial charge is 0.365 e. The zero-order valence-corrected chi connectivity index (χ0v) is 13.5. The average Bonchev–Trinajstić information content (AvgIpc) is 3.01. The average molecular weight is 359 g/mol. The van der Waals surface area contributed by atoms with Crippen LogP contribution in [0.2, 0.25) is 5.02 Å². The van der Waals surface area contributed by atoms with Gasteiger partial charge in [-0.15, -0.1) is 11.3 Å². The van der Waals surface area contributed by atoms with Crippen LogP contribution in [0.15, 0.2) is 42.5 Å². The second kappa shape index (κ2) is 6.40. The van der Waals surface area contributed by atoms with Gasteiger partial charge in [0, 0.05) is 10.6 Å². The lowest BCUT2D eigenvalue weighted by molar-refractivity contribution is 0.0696. The first-order chi connectivity index (χ1) is 11.5. The molecular weight excluding hydrogens is 351 g/mol. The number of carboxylic acids is 1. The minimum Gasteiger partial charge on any atom is -0.476 e. The highest BCUT2D eigenvalue weighted by molar-refractivity contribution is 7.17. The highest BCUT2D eigenvalue weighted by Gasteiger charge is 2.19. The Kier molecular flexibility index (Phi) is 4.30. The molecule has 0 spiro atoms. The predicted molar refractivity (Wildman–Crippen MR) is 89.6 cm³/mol. The van der Waals surface area contributed by atoms with Crippen LogP contribution in [0, 0.1) is 17.1 Å². The molecule has 118 valence electrons. The Hall–Kier alpha value is -2.75. The maximum atomic E-state index is 13.5. The third kappa shape index (κ3) is 3.00. The zero-order valence-electron chi connectivity index (χ0n) is 12.0. The maximum absolute atomic E-state index is 13.5. The summed E-state index contributed by atoms with van der Waals surface area (Å²) in [6, 6.07) is 12.7. The van der Waals surface area contributed by atoms with Gasteiger partial charge < -0.3 is 5.11 Å². The lowest BCUT2D eigenvalue weighted by Gasteiger charge is -2.04. The fourth-order valence-corrected chi connectivity index (χ4v) is 3.30. The first kappa shape index (κ1) is 16.1. The SMILES string of the molecule is N#Cc1cc(-c2nc(C(=O)O)sc2-c2cccc(Cl)c2)ccc1F. The number of nitriles is 1. The first-order valence-electron chi connectivity index (χ1n) is 6.69. The third-order valence-electron chi connectivity index (χ3n) is 3.26. The van der Waals surface area contributed by atoms with Crippen molar-refractivity contribution in [3.05, 3.63) is 63.9 Å². The van der Waals surface area contributed by atoms with Gasteiger partial charge in [0.05, 0.1) is 16.1 Å². The summed E-state index contributed by atoms with van der Waals surface area (Å²) in [4.78, 5) is 16.0. The largest absolute Gasteiger partial charge is 0.476 e. The molecule has 2 aromatic carbocycles. The number of benzene rings is 2. The topological polar surface area (TPSA) is 74.0 Å². The lowest BCUT2D eigenvalue weighted by Crippen LogP contribution is -1.94. The number of carbonyl (C=O) groups is 1. The summed E-state index contributed by atoms with van der Waals surface area (Å²) in [6.45, 7) is 0. The van der Waals surface area contributed by atoms with Gasteiger partial charge in [-0.25, -0.2) is 14.2 Å². The highest BCUT2D eigenvalue weighted by Crippen LogP contribution is 2.38. The van der Waals surface area contributed by atoms with Gasteiger partial charge in [-0.3, -0.25) is 0 Å². The van der Waals surface area contributed by atoms with Gasteiger partial charge in [-0.2, -0.15) is 5.26 Å². The summed E-state index contributed by atoms with van der Waals surface area (Å²) in [6.07, 6.45) is 0. The van der Waals surface area contributed by atoms with Crippen molar-refractivity contribution in [1.82, 2.24) is 4.98 Å². The molecule has 1 aromatic heterocycles. The Morgan fingerprint density at radius 1 is 1.25 bits per heavy atom. The van der Waals surface area contributed by atoms with Crippen molar-refractivity contribution >= 4 is 28.9 Å². The molecule has 0 atom stereocenters. The van der Waals surface area contributed by atoms with Crippen LogP contribution in [0.25, 0.3) is 21.7 Å². The number of thiazole rings is 1. The van der Waals surface area contributed by atoms with Crippen molar-refractivity contribution in [3.63, 3.8) is 0 Å². The Labute approximate surface area is 145 Å². The Morgan fingerprint density at radius 2 is 2.04 bits per heavy atom. The van der Waals surface area contributed by atoms with E-state index in [-0.39, 0.29) is 10.6 Å². The number of aromatic nitrogens is 1. The molecule has 0 saturated heterocycles. The van der Waals surface area contributed by atoms with Crippen molar-refractivity contribution in [2.24, 2.45) is 0 Å². The van der Waals surface area contributed by atoms with Crippen molar-refractivity contribution in [2.75, 3.05) is 0 Å². The van der Waals surface area contributed by atoms with E-state index in [2.05, 4.69) is 4.98 Å². The van der Waals surface area contributed by atoms with Gasteiger partial charge in [0.1, 0.15) is 11.9 Å². The Balaban J connectivity index is 2.24. The Bertz CT molecular complexity index is 994. The molecule has 3 aromatic rings. The molecule has 24 heavy (non-hydrogen) atoms. The van der Waals surface area contributed by atoms with Crippen molar-refractivity contribution in [1.29, 1.82) is 5.26 Å². The molecule has 4 nitrogen and oxygen atoms in total. The summed E-state index contributed by atoms with van der Waals surface area (Å²) in [5.74, 6) is -1.80. The van der Waals surface area contributed by atoms with Gasteiger partial charge in [0.15, 0.2) is 0 Å². The minimum atomic E-state index is -1.16. The van der Waals surface area contributed by atoms with Crippen LogP contribution in [-0.2, 0) is 0 Å². The quantitative estimate of drug-likeness (QED) is 0.727. The third-order valence-corrected chi connectivity index (χ3v) is 4.58. The van der Waals surface area contributed by atoms with E-state index in [1.807, 2.05) is 0 Å². The number of aromatic carboxylic acids is 1. The monoisotopic (exact) mass is 358 g/mol. The summed E-state index contributed by atoms with van der Waals surface area (Å²) in [5, 5.41) is 18.6. The molecule has 0 aliphatic rings. The van der Waals surface area contributed by atoms with Crippen LogP contribution in [0.5, 0.6) is 0 Å². The van der Waals surface area contributed by atoms with E-state index in [1.165, 1.54) is 12.1 Å². The molecule has 0 aliphatic carbocycles. The Morgan fingerprint density at radius 3 is 2.71 bits per heavy atom. The molecule has 1 heterocycles. The number of hydrogen-bond donors (Lipinski definition) is 1. The first-order valence-corrected chi connectivity index (χ1v) is 7.89. The second-order valence-electron chi connectivity index (χ2n) is 4.82. The number of hydrogen-bond acceptors (Lipinski definition) is 4. The van der Waals surface area contributed by atoms with E-state index in [0.29, 0.717) is 26.7 Å². The minimum absolute atomic E-state index is 0.0946. The maximum Gasteiger partial charge on any atom is 0.365 e. The van der Waals surface area contributed by atoms with Gasteiger partial charge >= 0.3 is 5.97 Å². The molecule has 7 heteroatoms. The number of halogens is 2. The van der Waals surface area contributed by atoms with Gasteiger partial charge in [0.2, 0.25) is 5.01 Å². The molecule has 0 radical (unpaired) electrons. The molecular formula is C17H8ClFN2O2S. The standard InChI is InChI=1S/C17H8ClFN2O2S/c18-12-3-1-2-10(7-12)15-14(21-16(24-15)17(22)23)9-4-5-13(19)11(6-9)8-20/h1-7H,(H,22,23). The van der Waals surface area contributed by atoms with Crippen molar-refractivity contribution in [2.45, 2.75) is 0 Å². The second-order valence-corrected chi connectivity index (χ2v) is 6.25. The van der Waals surface area contributed by atoms with Gasteiger partial charge in [0.25, 0.3) is 0 Å². The number of nitrogens with zero attached hydrogens (tertiary/aromatic N) is 2. The molecule has 0 fully saturated rings. The normalized spacial score (nSPS) is 10.4. The number of carboxylic acid groups (broad SMARTS) is 1. The summed E-state index contributed by atoms with van der Waals surface area (Å²) in [7, 11) is 0. The van der Waals surface area contributed by atoms with Crippen LogP contribution in [0.1, 0.15) is 15.4 Å². The molecule has 1 N–H and O–H groups in total. The van der Waals surface area contributed by atoms with E-state index in [4.69, 9.17) is 16.9 Å². The van der Waals surface area contributed by atoms with Gasteiger partial charge in [-0.1, -0.05) is 23.7 Å². The summed E-state index contributed by atoms with van der Waals surface area (Å²) < 4.78 is 13.5. The van der Waals surface area contributed by atoms with Crippen LogP contribution in [0.3, 0.4) is 0 Å². The molecule has 0 saturated carbocycles. The van der Waals surface area contributed by atoms with E-state index in [1.54, 1.807) is 30.3 Å².